The highest BCUT2D eigenvalue weighted by Gasteiger charge is 2.28. The van der Waals surface area contributed by atoms with Gasteiger partial charge < -0.3 is 0 Å². The van der Waals surface area contributed by atoms with Crippen LogP contribution in [0.5, 0.6) is 0 Å². The van der Waals surface area contributed by atoms with Gasteiger partial charge >= 0.3 is 10.1 Å². The highest BCUT2D eigenvalue weighted by atomic mass is 35.5. The molecule has 0 aliphatic carbocycles. The molecule has 0 spiro atoms. The molecule has 0 bridgehead atoms. The molecule has 0 atom stereocenters. The standard InChI is InChI=1S/C21H21ClN2O6S2/c1-14(2)13-30-32(28,29)20-19(15-7-9-18(10-8-15)31(3,26)27)12-23-24(21(20)25)17-6-4-5-16(22)11-17/h4-12,14H,13H2,1-3H3. The fourth-order valence-corrected chi connectivity index (χ4v) is 4.97. The van der Waals surface area contributed by atoms with Crippen molar-refractivity contribution in [1.82, 2.24) is 9.78 Å². The predicted octanol–water partition coefficient (Wildman–Crippen LogP) is 3.32. The lowest BCUT2D eigenvalue weighted by atomic mass is 10.1. The van der Waals surface area contributed by atoms with Crippen molar-refractivity contribution in [1.29, 1.82) is 0 Å². The van der Waals surface area contributed by atoms with E-state index in [0.29, 0.717) is 10.6 Å². The molecular formula is C21H21ClN2O6S2. The molecule has 170 valence electrons. The van der Waals surface area contributed by atoms with Crippen LogP contribution >= 0.6 is 11.6 Å². The van der Waals surface area contributed by atoms with Crippen LogP contribution in [0.2, 0.25) is 5.02 Å². The minimum absolute atomic E-state index is 0.00270. The third kappa shape index (κ3) is 5.26. The molecule has 1 aromatic heterocycles. The molecule has 0 saturated carbocycles. The summed E-state index contributed by atoms with van der Waals surface area (Å²) in [5.74, 6) is -0.0979. The van der Waals surface area contributed by atoms with Crippen molar-refractivity contribution in [3.63, 3.8) is 0 Å². The predicted molar refractivity (Wildman–Crippen MR) is 121 cm³/mol. The summed E-state index contributed by atoms with van der Waals surface area (Å²) in [7, 11) is -7.92. The number of hydrogen-bond donors (Lipinski definition) is 0. The Morgan fingerprint density at radius 3 is 2.28 bits per heavy atom. The summed E-state index contributed by atoms with van der Waals surface area (Å²) in [5, 5.41) is 4.46. The summed E-state index contributed by atoms with van der Waals surface area (Å²) >= 11 is 6.00. The quantitative estimate of drug-likeness (QED) is 0.461. The van der Waals surface area contributed by atoms with Gasteiger partial charge in [-0.1, -0.05) is 43.6 Å². The normalized spacial score (nSPS) is 12.3. The summed E-state index contributed by atoms with van der Waals surface area (Å²) in [6.07, 6.45) is 2.29. The molecule has 1 heterocycles. The minimum Gasteiger partial charge on any atom is -0.266 e. The molecule has 32 heavy (non-hydrogen) atoms. The molecule has 0 aliphatic rings. The lowest BCUT2D eigenvalue weighted by molar-refractivity contribution is 0.274. The van der Waals surface area contributed by atoms with Gasteiger partial charge in [0, 0.05) is 16.8 Å². The van der Waals surface area contributed by atoms with E-state index < -0.39 is 30.4 Å². The number of hydrogen-bond acceptors (Lipinski definition) is 7. The van der Waals surface area contributed by atoms with E-state index in [0.717, 1.165) is 10.9 Å². The maximum atomic E-state index is 13.3. The topological polar surface area (TPSA) is 112 Å². The second-order valence-corrected chi connectivity index (χ2v) is 11.5. The first-order valence-corrected chi connectivity index (χ1v) is 13.2. The van der Waals surface area contributed by atoms with Crippen molar-refractivity contribution < 1.29 is 21.0 Å². The Bertz CT molecular complexity index is 1410. The van der Waals surface area contributed by atoms with Crippen LogP contribution in [0, 0.1) is 5.92 Å². The van der Waals surface area contributed by atoms with Crippen LogP contribution in [-0.2, 0) is 24.1 Å². The number of rotatable bonds is 7. The van der Waals surface area contributed by atoms with E-state index in [9.17, 15) is 21.6 Å². The summed E-state index contributed by atoms with van der Waals surface area (Å²) < 4.78 is 55.6. The zero-order valence-corrected chi connectivity index (χ0v) is 19.9. The Morgan fingerprint density at radius 1 is 1.06 bits per heavy atom. The van der Waals surface area contributed by atoms with Crippen LogP contribution in [0.1, 0.15) is 13.8 Å². The van der Waals surface area contributed by atoms with Gasteiger partial charge in [0.25, 0.3) is 5.56 Å². The van der Waals surface area contributed by atoms with Gasteiger partial charge in [-0.15, -0.1) is 0 Å². The average Bonchev–Trinajstić information content (AvgIpc) is 2.71. The smallest absolute Gasteiger partial charge is 0.266 e. The molecule has 3 rings (SSSR count). The number of benzene rings is 2. The number of sulfone groups is 1. The first-order valence-electron chi connectivity index (χ1n) is 9.48. The molecule has 0 aliphatic heterocycles. The highest BCUT2D eigenvalue weighted by molar-refractivity contribution is 7.90. The van der Waals surface area contributed by atoms with Crippen LogP contribution in [0.25, 0.3) is 16.8 Å². The van der Waals surface area contributed by atoms with E-state index in [1.54, 1.807) is 32.0 Å². The molecule has 0 unspecified atom stereocenters. The summed E-state index contributed by atoms with van der Waals surface area (Å²) in [4.78, 5) is 12.8. The molecule has 0 amide bonds. The Balaban J connectivity index is 2.26. The van der Waals surface area contributed by atoms with Crippen LogP contribution in [0.3, 0.4) is 0 Å². The minimum atomic E-state index is -4.47. The largest absolute Gasteiger partial charge is 0.303 e. The first-order chi connectivity index (χ1) is 14.9. The highest BCUT2D eigenvalue weighted by Crippen LogP contribution is 2.27. The average molecular weight is 497 g/mol. The molecule has 0 N–H and O–H groups in total. The molecule has 0 fully saturated rings. The van der Waals surface area contributed by atoms with E-state index in [-0.39, 0.29) is 28.7 Å². The maximum Gasteiger partial charge on any atom is 0.303 e. The van der Waals surface area contributed by atoms with Crippen LogP contribution in [0.4, 0.5) is 0 Å². The van der Waals surface area contributed by atoms with Crippen molar-refractivity contribution in [2.24, 2.45) is 5.92 Å². The molecule has 11 heteroatoms. The Hall–Kier alpha value is -2.53. The summed E-state index contributed by atoms with van der Waals surface area (Å²) in [5.41, 5.74) is -0.341. The van der Waals surface area contributed by atoms with Crippen LogP contribution < -0.4 is 5.56 Å². The third-order valence-electron chi connectivity index (χ3n) is 4.39. The number of aromatic nitrogens is 2. The molecular weight excluding hydrogens is 476 g/mol. The van der Waals surface area contributed by atoms with Gasteiger partial charge in [0.2, 0.25) is 0 Å². The zero-order chi connectivity index (χ0) is 23.7. The van der Waals surface area contributed by atoms with E-state index in [4.69, 9.17) is 15.8 Å². The Kier molecular flexibility index (Phi) is 6.89. The van der Waals surface area contributed by atoms with E-state index in [1.807, 2.05) is 0 Å². The van der Waals surface area contributed by atoms with Gasteiger partial charge in [-0.2, -0.15) is 18.2 Å². The van der Waals surface area contributed by atoms with Crippen LogP contribution in [0.15, 0.2) is 69.3 Å². The SMILES string of the molecule is CC(C)COS(=O)(=O)c1c(-c2ccc(S(C)(=O)=O)cc2)cnn(-c2cccc(Cl)c2)c1=O. The molecule has 8 nitrogen and oxygen atoms in total. The van der Waals surface area contributed by atoms with Crippen molar-refractivity contribution in [3.8, 4) is 16.8 Å². The number of halogens is 1. The zero-order valence-electron chi connectivity index (χ0n) is 17.5. The van der Waals surface area contributed by atoms with Gasteiger partial charge in [0.05, 0.1) is 23.4 Å². The van der Waals surface area contributed by atoms with E-state index in [2.05, 4.69) is 5.10 Å². The lowest BCUT2D eigenvalue weighted by Crippen LogP contribution is -2.29. The van der Waals surface area contributed by atoms with Crippen LogP contribution in [-0.4, -0.2) is 39.5 Å². The monoisotopic (exact) mass is 496 g/mol. The fourth-order valence-electron chi connectivity index (χ4n) is 2.84. The van der Waals surface area contributed by atoms with Crippen molar-refractivity contribution in [3.05, 3.63) is 70.1 Å². The summed E-state index contributed by atoms with van der Waals surface area (Å²) in [6, 6.07) is 11.7. The molecule has 0 saturated heterocycles. The first kappa shape index (κ1) is 24.1. The molecule has 3 aromatic rings. The lowest BCUT2D eigenvalue weighted by Gasteiger charge is -2.14. The Labute approximate surface area is 191 Å². The Morgan fingerprint density at radius 2 is 1.72 bits per heavy atom. The number of nitrogens with zero attached hydrogens (tertiary/aromatic N) is 2. The second-order valence-electron chi connectivity index (χ2n) is 7.51. The van der Waals surface area contributed by atoms with Crippen molar-refractivity contribution in [2.75, 3.05) is 12.9 Å². The van der Waals surface area contributed by atoms with Gasteiger partial charge in [0.1, 0.15) is 0 Å². The van der Waals surface area contributed by atoms with Gasteiger partial charge in [0.15, 0.2) is 14.7 Å². The molecule has 0 radical (unpaired) electrons. The van der Waals surface area contributed by atoms with Crippen molar-refractivity contribution in [2.45, 2.75) is 23.6 Å². The third-order valence-corrected chi connectivity index (χ3v) is 7.09. The van der Waals surface area contributed by atoms with E-state index >= 15 is 0 Å². The van der Waals surface area contributed by atoms with Crippen molar-refractivity contribution >= 4 is 31.6 Å². The van der Waals surface area contributed by atoms with Gasteiger partial charge in [-0.3, -0.25) is 8.98 Å². The van der Waals surface area contributed by atoms with Gasteiger partial charge in [-0.05, 0) is 41.8 Å². The van der Waals surface area contributed by atoms with Gasteiger partial charge in [-0.25, -0.2) is 8.42 Å². The second kappa shape index (κ2) is 9.14. The molecule has 2 aromatic carbocycles. The van der Waals surface area contributed by atoms with E-state index in [1.165, 1.54) is 36.5 Å². The maximum absolute atomic E-state index is 13.3. The fraction of sp³-hybridized carbons (Fsp3) is 0.238. The summed E-state index contributed by atoms with van der Waals surface area (Å²) in [6.45, 7) is 3.43.